The first kappa shape index (κ1) is 26.3. The monoisotopic (exact) mass is 495 g/mol. The minimum Gasteiger partial charge on any atom is -0.454 e. The van der Waals surface area contributed by atoms with Gasteiger partial charge in [-0.2, -0.15) is 0 Å². The van der Waals surface area contributed by atoms with E-state index in [2.05, 4.69) is 10.6 Å². The van der Waals surface area contributed by atoms with Crippen molar-refractivity contribution in [2.75, 3.05) is 13.2 Å². The SMILES string of the molecule is CC(C)[C@@H](NC(=O)c1ccccc1Cl)C(=O)OCC(=O)NCCc1ccc(S(N)(=O)=O)cc1. The van der Waals surface area contributed by atoms with Crippen LogP contribution in [0.2, 0.25) is 5.02 Å². The fraction of sp³-hybridized carbons (Fsp3) is 0.318. The highest BCUT2D eigenvalue weighted by molar-refractivity contribution is 7.89. The van der Waals surface area contributed by atoms with E-state index in [1.165, 1.54) is 18.2 Å². The van der Waals surface area contributed by atoms with Gasteiger partial charge in [-0.1, -0.05) is 49.7 Å². The topological polar surface area (TPSA) is 145 Å². The van der Waals surface area contributed by atoms with Crippen molar-refractivity contribution in [2.45, 2.75) is 31.2 Å². The zero-order valence-corrected chi connectivity index (χ0v) is 19.8. The Morgan fingerprint density at radius 1 is 1.06 bits per heavy atom. The summed E-state index contributed by atoms with van der Waals surface area (Å²) in [7, 11) is -3.76. The summed E-state index contributed by atoms with van der Waals surface area (Å²) in [5.41, 5.74) is 1.02. The molecule has 0 aliphatic carbocycles. The maximum Gasteiger partial charge on any atom is 0.329 e. The second-order valence-corrected chi connectivity index (χ2v) is 9.54. The molecule has 178 valence electrons. The minimum atomic E-state index is -3.76. The van der Waals surface area contributed by atoms with Crippen LogP contribution in [0.15, 0.2) is 53.4 Å². The van der Waals surface area contributed by atoms with Gasteiger partial charge in [0.05, 0.1) is 15.5 Å². The first-order chi connectivity index (χ1) is 15.5. The molecule has 0 unspecified atom stereocenters. The summed E-state index contributed by atoms with van der Waals surface area (Å²) in [5.74, 6) is -2.05. The Morgan fingerprint density at radius 3 is 2.27 bits per heavy atom. The number of carbonyl (C=O) groups is 3. The van der Waals surface area contributed by atoms with Crippen molar-refractivity contribution in [3.05, 3.63) is 64.7 Å². The Bertz CT molecular complexity index is 1100. The number of halogens is 1. The first-order valence-electron chi connectivity index (χ1n) is 10.1. The zero-order valence-electron chi connectivity index (χ0n) is 18.2. The van der Waals surface area contributed by atoms with Gasteiger partial charge in [-0.25, -0.2) is 18.4 Å². The van der Waals surface area contributed by atoms with Crippen LogP contribution in [0.25, 0.3) is 0 Å². The van der Waals surface area contributed by atoms with E-state index in [0.717, 1.165) is 5.56 Å². The number of nitrogens with one attached hydrogen (secondary N) is 2. The molecule has 11 heteroatoms. The second kappa shape index (κ2) is 11.8. The molecule has 0 spiro atoms. The third-order valence-electron chi connectivity index (χ3n) is 4.66. The number of hydrogen-bond acceptors (Lipinski definition) is 6. The highest BCUT2D eigenvalue weighted by atomic mass is 35.5. The summed E-state index contributed by atoms with van der Waals surface area (Å²) < 4.78 is 27.6. The Hall–Kier alpha value is -2.95. The molecule has 2 amide bonds. The number of benzene rings is 2. The standard InChI is InChI=1S/C22H26ClN3O6S/c1-14(2)20(26-21(28)17-5-3-4-6-18(17)23)22(29)32-13-19(27)25-12-11-15-7-9-16(10-8-15)33(24,30)31/h3-10,14,20H,11-13H2,1-2H3,(H,25,27)(H,26,28)(H2,24,30,31)/t20-/m1/s1. The molecule has 0 heterocycles. The van der Waals surface area contributed by atoms with E-state index in [0.29, 0.717) is 6.42 Å². The predicted octanol–water partition coefficient (Wildman–Crippen LogP) is 1.64. The molecule has 2 aromatic rings. The smallest absolute Gasteiger partial charge is 0.329 e. The number of carbonyl (C=O) groups excluding carboxylic acids is 3. The quantitative estimate of drug-likeness (QED) is 0.427. The molecule has 0 aliphatic rings. The molecule has 4 N–H and O–H groups in total. The van der Waals surface area contributed by atoms with Gasteiger partial charge in [0, 0.05) is 6.54 Å². The summed E-state index contributed by atoms with van der Waals surface area (Å²) in [6, 6.07) is 11.5. The van der Waals surface area contributed by atoms with Gasteiger partial charge in [0.2, 0.25) is 10.0 Å². The second-order valence-electron chi connectivity index (χ2n) is 7.57. The van der Waals surface area contributed by atoms with Crippen molar-refractivity contribution >= 4 is 39.4 Å². The lowest BCUT2D eigenvalue weighted by Gasteiger charge is -2.21. The summed E-state index contributed by atoms with van der Waals surface area (Å²) in [5, 5.41) is 10.5. The molecule has 2 aromatic carbocycles. The van der Waals surface area contributed by atoms with Gasteiger partial charge in [0.15, 0.2) is 6.61 Å². The van der Waals surface area contributed by atoms with E-state index in [9.17, 15) is 22.8 Å². The van der Waals surface area contributed by atoms with Gasteiger partial charge in [-0.3, -0.25) is 9.59 Å². The largest absolute Gasteiger partial charge is 0.454 e. The van der Waals surface area contributed by atoms with Crippen LogP contribution in [0.3, 0.4) is 0 Å². The predicted molar refractivity (Wildman–Crippen MR) is 123 cm³/mol. The number of hydrogen-bond donors (Lipinski definition) is 3. The van der Waals surface area contributed by atoms with Crippen LogP contribution < -0.4 is 15.8 Å². The van der Waals surface area contributed by atoms with Crippen LogP contribution in [0.4, 0.5) is 0 Å². The molecular weight excluding hydrogens is 470 g/mol. The minimum absolute atomic E-state index is 0.00327. The number of sulfonamides is 1. The highest BCUT2D eigenvalue weighted by Crippen LogP contribution is 2.16. The molecule has 2 rings (SSSR count). The molecule has 0 aliphatic heterocycles. The van der Waals surface area contributed by atoms with Gasteiger partial charge in [-0.15, -0.1) is 0 Å². The molecule has 0 radical (unpaired) electrons. The molecule has 1 atom stereocenters. The molecule has 0 saturated heterocycles. The molecule has 33 heavy (non-hydrogen) atoms. The molecule has 0 saturated carbocycles. The average molecular weight is 496 g/mol. The summed E-state index contributed by atoms with van der Waals surface area (Å²) in [4.78, 5) is 36.9. The maximum atomic E-state index is 12.5. The van der Waals surface area contributed by atoms with Crippen LogP contribution in [0, 0.1) is 5.92 Å². The average Bonchev–Trinajstić information content (AvgIpc) is 2.75. The maximum absolute atomic E-state index is 12.5. The van der Waals surface area contributed by atoms with Gasteiger partial charge in [-0.05, 0) is 42.2 Å². The van der Waals surface area contributed by atoms with Crippen LogP contribution >= 0.6 is 11.6 Å². The fourth-order valence-electron chi connectivity index (χ4n) is 2.83. The van der Waals surface area contributed by atoms with Gasteiger partial charge in [0.1, 0.15) is 6.04 Å². The lowest BCUT2D eigenvalue weighted by molar-refractivity contribution is -0.151. The normalized spacial score (nSPS) is 12.2. The molecular formula is C22H26ClN3O6S. The Balaban J connectivity index is 1.81. The van der Waals surface area contributed by atoms with Crippen molar-refractivity contribution in [1.29, 1.82) is 0 Å². The van der Waals surface area contributed by atoms with Crippen LogP contribution in [0.1, 0.15) is 29.8 Å². The van der Waals surface area contributed by atoms with E-state index in [4.69, 9.17) is 21.5 Å². The van der Waals surface area contributed by atoms with E-state index < -0.39 is 40.5 Å². The van der Waals surface area contributed by atoms with Gasteiger partial charge < -0.3 is 15.4 Å². The Kier molecular flexibility index (Phi) is 9.39. The lowest BCUT2D eigenvalue weighted by Crippen LogP contribution is -2.46. The van der Waals surface area contributed by atoms with Crippen molar-refractivity contribution in [3.8, 4) is 0 Å². The summed E-state index contributed by atoms with van der Waals surface area (Å²) in [6.45, 7) is 3.22. The summed E-state index contributed by atoms with van der Waals surface area (Å²) in [6.07, 6.45) is 0.438. The first-order valence-corrected chi connectivity index (χ1v) is 12.0. The Morgan fingerprint density at radius 2 is 1.70 bits per heavy atom. The lowest BCUT2D eigenvalue weighted by atomic mass is 10.0. The van der Waals surface area contributed by atoms with Crippen LogP contribution in [-0.2, 0) is 30.8 Å². The number of primary sulfonamides is 1. The summed E-state index contributed by atoms with van der Waals surface area (Å²) >= 11 is 6.02. The third kappa shape index (κ3) is 8.16. The van der Waals surface area contributed by atoms with E-state index in [-0.39, 0.29) is 27.9 Å². The van der Waals surface area contributed by atoms with Crippen LogP contribution in [0.5, 0.6) is 0 Å². The zero-order chi connectivity index (χ0) is 24.6. The number of nitrogens with two attached hydrogens (primary N) is 1. The molecule has 0 bridgehead atoms. The van der Waals surface area contributed by atoms with E-state index >= 15 is 0 Å². The van der Waals surface area contributed by atoms with E-state index in [1.807, 2.05) is 0 Å². The van der Waals surface area contributed by atoms with Gasteiger partial charge in [0.25, 0.3) is 11.8 Å². The molecule has 0 aromatic heterocycles. The van der Waals surface area contributed by atoms with Gasteiger partial charge >= 0.3 is 5.97 Å². The number of rotatable bonds is 10. The van der Waals surface area contributed by atoms with E-state index in [1.54, 1.807) is 44.2 Å². The van der Waals surface area contributed by atoms with Crippen molar-refractivity contribution in [2.24, 2.45) is 11.1 Å². The van der Waals surface area contributed by atoms with Crippen molar-refractivity contribution in [1.82, 2.24) is 10.6 Å². The van der Waals surface area contributed by atoms with Crippen LogP contribution in [-0.4, -0.2) is 45.4 Å². The molecule has 9 nitrogen and oxygen atoms in total. The number of amides is 2. The van der Waals surface area contributed by atoms with Crippen molar-refractivity contribution in [3.63, 3.8) is 0 Å². The highest BCUT2D eigenvalue weighted by Gasteiger charge is 2.27. The van der Waals surface area contributed by atoms with Crippen molar-refractivity contribution < 1.29 is 27.5 Å². The Labute approximate surface area is 197 Å². The molecule has 0 fully saturated rings. The number of esters is 1. The third-order valence-corrected chi connectivity index (χ3v) is 5.92. The number of ether oxygens (including phenoxy) is 1. The fourth-order valence-corrected chi connectivity index (χ4v) is 3.57.